The van der Waals surface area contributed by atoms with E-state index in [1.54, 1.807) is 4.57 Å². The average molecular weight is 360 g/mol. The van der Waals surface area contributed by atoms with Crippen molar-refractivity contribution in [1.82, 2.24) is 9.55 Å². The Hall–Kier alpha value is -2.48. The minimum absolute atomic E-state index is 0.00955. The molecule has 26 heavy (non-hydrogen) atoms. The Morgan fingerprint density at radius 1 is 1.38 bits per heavy atom. The van der Waals surface area contributed by atoms with Crippen LogP contribution in [0.2, 0.25) is 0 Å². The third-order valence-electron chi connectivity index (χ3n) is 5.76. The molecule has 2 aromatic heterocycles. The lowest BCUT2D eigenvalue weighted by atomic mass is 9.93. The summed E-state index contributed by atoms with van der Waals surface area (Å²) in [6, 6.07) is 1.27. The van der Waals surface area contributed by atoms with Gasteiger partial charge in [0.2, 0.25) is 5.43 Å². The third-order valence-corrected chi connectivity index (χ3v) is 5.76. The number of nitrogens with zero attached hydrogens (tertiary/aromatic N) is 3. The quantitative estimate of drug-likeness (QED) is 0.859. The van der Waals surface area contributed by atoms with E-state index >= 15 is 0 Å². The summed E-state index contributed by atoms with van der Waals surface area (Å²) in [5.74, 6) is -1.06. The van der Waals surface area contributed by atoms with Gasteiger partial charge >= 0.3 is 5.97 Å². The van der Waals surface area contributed by atoms with Crippen LogP contribution < -0.4 is 16.1 Å². The van der Waals surface area contributed by atoms with E-state index in [1.165, 1.54) is 6.20 Å². The van der Waals surface area contributed by atoms with Crippen molar-refractivity contribution in [3.63, 3.8) is 0 Å². The number of halogens is 1. The molecule has 0 radical (unpaired) electrons. The lowest BCUT2D eigenvalue weighted by Gasteiger charge is -2.37. The highest BCUT2D eigenvalue weighted by molar-refractivity contribution is 5.92. The standard InChI is InChI=1S/C18H21FN4O3/c1-2-22-8-12(18(25)26)15(24)11-5-13(19)17(21-16(11)22)23-6-9-3-4-10(7-23)14(9)20/h5,8-10,14H,2-4,6-7,20H2,1H3,(H,25,26). The molecule has 1 aliphatic carbocycles. The molecule has 1 saturated carbocycles. The van der Waals surface area contributed by atoms with Gasteiger partial charge in [0.1, 0.15) is 11.2 Å². The number of rotatable bonds is 3. The Labute approximate surface area is 149 Å². The number of carbonyl (C=O) groups is 1. The van der Waals surface area contributed by atoms with E-state index in [1.807, 2.05) is 11.8 Å². The van der Waals surface area contributed by atoms with Gasteiger partial charge in [0.05, 0.1) is 5.39 Å². The van der Waals surface area contributed by atoms with E-state index < -0.39 is 17.2 Å². The van der Waals surface area contributed by atoms with Crippen LogP contribution in [0.4, 0.5) is 10.2 Å². The Morgan fingerprint density at radius 3 is 2.62 bits per heavy atom. The predicted octanol–water partition coefficient (Wildman–Crippen LogP) is 1.43. The molecule has 3 N–H and O–H groups in total. The van der Waals surface area contributed by atoms with Crippen LogP contribution in [0, 0.1) is 17.7 Å². The van der Waals surface area contributed by atoms with Crippen molar-refractivity contribution in [2.24, 2.45) is 17.6 Å². The first kappa shape index (κ1) is 17.0. The molecule has 0 spiro atoms. The largest absolute Gasteiger partial charge is 0.477 e. The van der Waals surface area contributed by atoms with Crippen LogP contribution in [0.3, 0.4) is 0 Å². The number of hydrogen-bond donors (Lipinski definition) is 2. The number of anilines is 1. The number of carboxylic acids is 1. The Kier molecular flexibility index (Phi) is 3.95. The molecule has 2 aliphatic rings. The average Bonchev–Trinajstić information content (AvgIpc) is 2.83. The summed E-state index contributed by atoms with van der Waals surface area (Å²) in [5, 5.41) is 9.21. The summed E-state index contributed by atoms with van der Waals surface area (Å²) >= 11 is 0. The molecule has 138 valence electrons. The molecule has 1 aliphatic heterocycles. The number of hydrogen-bond acceptors (Lipinski definition) is 5. The summed E-state index contributed by atoms with van der Waals surface area (Å²) in [4.78, 5) is 30.0. The fraction of sp³-hybridized carbons (Fsp3) is 0.500. The topological polar surface area (TPSA) is 101 Å². The molecular formula is C18H21FN4O3. The smallest absolute Gasteiger partial charge is 0.341 e. The Morgan fingerprint density at radius 2 is 2.04 bits per heavy atom. The van der Waals surface area contributed by atoms with Crippen molar-refractivity contribution in [3.8, 4) is 0 Å². The van der Waals surface area contributed by atoms with E-state index in [9.17, 15) is 19.1 Å². The molecule has 4 rings (SSSR count). The van der Waals surface area contributed by atoms with Gasteiger partial charge < -0.3 is 20.3 Å². The summed E-state index contributed by atoms with van der Waals surface area (Å²) in [6.45, 7) is 3.54. The van der Waals surface area contributed by atoms with Gasteiger partial charge in [-0.3, -0.25) is 4.79 Å². The maximum Gasteiger partial charge on any atom is 0.341 e. The van der Waals surface area contributed by atoms with Gasteiger partial charge in [-0.25, -0.2) is 14.2 Å². The van der Waals surface area contributed by atoms with E-state index in [2.05, 4.69) is 4.98 Å². The second kappa shape index (κ2) is 6.05. The van der Waals surface area contributed by atoms with Crippen LogP contribution in [0.15, 0.2) is 17.1 Å². The molecular weight excluding hydrogens is 339 g/mol. The second-order valence-electron chi connectivity index (χ2n) is 7.21. The number of pyridine rings is 2. The van der Waals surface area contributed by atoms with E-state index in [0.29, 0.717) is 37.1 Å². The number of piperidine rings is 1. The second-order valence-corrected chi connectivity index (χ2v) is 7.21. The lowest BCUT2D eigenvalue weighted by Crippen LogP contribution is -2.49. The SMILES string of the molecule is CCn1cc(C(=O)O)c(=O)c2cc(F)c(N3CC4CCC(C3)C4N)nc21. The normalized spacial score (nSPS) is 25.0. The minimum Gasteiger partial charge on any atom is -0.477 e. The maximum atomic E-state index is 14.8. The number of fused-ring (bicyclic) bond motifs is 3. The monoisotopic (exact) mass is 360 g/mol. The van der Waals surface area contributed by atoms with Crippen LogP contribution in [0.5, 0.6) is 0 Å². The molecule has 0 amide bonds. The number of aryl methyl sites for hydroxylation is 1. The molecule has 2 bridgehead atoms. The molecule has 2 unspecified atom stereocenters. The van der Waals surface area contributed by atoms with E-state index in [4.69, 9.17) is 5.73 Å². The van der Waals surface area contributed by atoms with Crippen LogP contribution in [-0.2, 0) is 6.54 Å². The fourth-order valence-electron chi connectivity index (χ4n) is 4.33. The number of nitrogens with two attached hydrogens (primary N) is 1. The zero-order valence-electron chi connectivity index (χ0n) is 14.5. The van der Waals surface area contributed by atoms with Crippen LogP contribution in [0.1, 0.15) is 30.1 Å². The molecule has 3 heterocycles. The molecule has 2 aromatic rings. The van der Waals surface area contributed by atoms with E-state index in [0.717, 1.165) is 18.9 Å². The molecule has 8 heteroatoms. The molecule has 2 fully saturated rings. The van der Waals surface area contributed by atoms with Gasteiger partial charge in [-0.05, 0) is 37.7 Å². The number of aromatic carboxylic acids is 1. The zero-order valence-corrected chi connectivity index (χ0v) is 14.5. The van der Waals surface area contributed by atoms with Gasteiger partial charge in [-0.1, -0.05) is 0 Å². The molecule has 0 aromatic carbocycles. The summed E-state index contributed by atoms with van der Waals surface area (Å²) in [6.07, 6.45) is 3.36. The van der Waals surface area contributed by atoms with Gasteiger partial charge in [0, 0.05) is 31.9 Å². The first-order valence-corrected chi connectivity index (χ1v) is 8.88. The predicted molar refractivity (Wildman–Crippen MR) is 95.0 cm³/mol. The van der Waals surface area contributed by atoms with Crippen LogP contribution >= 0.6 is 0 Å². The van der Waals surface area contributed by atoms with Gasteiger partial charge in [-0.15, -0.1) is 0 Å². The molecule has 7 nitrogen and oxygen atoms in total. The highest BCUT2D eigenvalue weighted by Gasteiger charge is 2.40. The highest BCUT2D eigenvalue weighted by atomic mass is 19.1. The van der Waals surface area contributed by atoms with Crippen molar-refractivity contribution < 1.29 is 14.3 Å². The highest BCUT2D eigenvalue weighted by Crippen LogP contribution is 2.37. The number of carboxylic acid groups (broad SMARTS) is 1. The minimum atomic E-state index is -1.33. The Balaban J connectivity index is 1.85. The first-order chi connectivity index (χ1) is 12.4. The van der Waals surface area contributed by atoms with E-state index in [-0.39, 0.29) is 22.8 Å². The first-order valence-electron chi connectivity index (χ1n) is 8.88. The van der Waals surface area contributed by atoms with Gasteiger partial charge in [0.25, 0.3) is 0 Å². The van der Waals surface area contributed by atoms with Crippen molar-refractivity contribution in [2.45, 2.75) is 32.4 Å². The van der Waals surface area contributed by atoms with Gasteiger partial charge in [0.15, 0.2) is 11.6 Å². The summed E-state index contributed by atoms with van der Waals surface area (Å²) < 4.78 is 16.4. The summed E-state index contributed by atoms with van der Waals surface area (Å²) in [5.41, 5.74) is 5.44. The molecule has 2 atom stereocenters. The Bertz CT molecular complexity index is 944. The van der Waals surface area contributed by atoms with Gasteiger partial charge in [-0.2, -0.15) is 0 Å². The van der Waals surface area contributed by atoms with Crippen molar-refractivity contribution in [1.29, 1.82) is 0 Å². The maximum absolute atomic E-state index is 14.8. The lowest BCUT2D eigenvalue weighted by molar-refractivity contribution is 0.0695. The third kappa shape index (κ3) is 2.47. The van der Waals surface area contributed by atoms with Crippen molar-refractivity contribution in [3.05, 3.63) is 33.9 Å². The van der Waals surface area contributed by atoms with Crippen molar-refractivity contribution in [2.75, 3.05) is 18.0 Å². The molecule has 1 saturated heterocycles. The number of aromatic nitrogens is 2. The summed E-state index contributed by atoms with van der Waals surface area (Å²) in [7, 11) is 0. The fourth-order valence-corrected chi connectivity index (χ4v) is 4.33. The zero-order chi connectivity index (χ0) is 18.6. The van der Waals surface area contributed by atoms with Crippen LogP contribution in [0.25, 0.3) is 11.0 Å². The van der Waals surface area contributed by atoms with Crippen LogP contribution in [-0.4, -0.2) is 39.8 Å². The van der Waals surface area contributed by atoms with Crippen molar-refractivity contribution >= 4 is 22.8 Å².